The second-order valence-corrected chi connectivity index (χ2v) is 7.27. The zero-order valence-corrected chi connectivity index (χ0v) is 13.4. The molecule has 0 fully saturated rings. The van der Waals surface area contributed by atoms with E-state index in [1.165, 1.54) is 37.4 Å². The molecule has 2 rings (SSSR count). The van der Waals surface area contributed by atoms with Crippen molar-refractivity contribution in [3.63, 3.8) is 0 Å². The number of rotatable bonds is 3. The fourth-order valence-electron chi connectivity index (χ4n) is 1.62. The summed E-state index contributed by atoms with van der Waals surface area (Å²) in [6, 6.07) is 10.5. The molecule has 2 aromatic rings. The van der Waals surface area contributed by atoms with E-state index in [0.717, 1.165) is 4.31 Å². The van der Waals surface area contributed by atoms with E-state index in [1.54, 1.807) is 12.1 Å². The molecule has 0 aliphatic carbocycles. The highest BCUT2D eigenvalue weighted by Gasteiger charge is 2.23. The third kappa shape index (κ3) is 3.04. The smallest absolute Gasteiger partial charge is 0.264 e. The van der Waals surface area contributed by atoms with Gasteiger partial charge in [0.05, 0.1) is 15.6 Å². The summed E-state index contributed by atoms with van der Waals surface area (Å²) in [5.41, 5.74) is 0.314. The Balaban J connectivity index is 2.48. The number of sulfonamides is 1. The van der Waals surface area contributed by atoms with Crippen molar-refractivity contribution < 1.29 is 8.42 Å². The summed E-state index contributed by atoms with van der Waals surface area (Å²) < 4.78 is 26.1. The second kappa shape index (κ2) is 5.82. The van der Waals surface area contributed by atoms with E-state index >= 15 is 0 Å². The molecule has 0 aromatic heterocycles. The number of nitrogens with zero attached hydrogens (tertiary/aromatic N) is 1. The average Bonchev–Trinajstić information content (AvgIpc) is 2.41. The van der Waals surface area contributed by atoms with Gasteiger partial charge in [0.2, 0.25) is 0 Å². The predicted molar refractivity (Wildman–Crippen MR) is 83.5 cm³/mol. The van der Waals surface area contributed by atoms with Crippen LogP contribution in [0.25, 0.3) is 0 Å². The van der Waals surface area contributed by atoms with Gasteiger partial charge in [-0.2, -0.15) is 0 Å². The molecule has 0 unspecified atom stereocenters. The van der Waals surface area contributed by atoms with Crippen LogP contribution in [-0.2, 0) is 10.0 Å². The normalized spacial score (nSPS) is 11.4. The first-order valence-corrected chi connectivity index (χ1v) is 8.09. The molecule has 106 valence electrons. The molecule has 20 heavy (non-hydrogen) atoms. The summed E-state index contributed by atoms with van der Waals surface area (Å²) in [7, 11) is -2.30. The molecule has 0 spiro atoms. The standard InChI is InChI=1S/C13H10Cl3NO2S/c1-17(13-8-10(15)4-7-12(13)16)20(18,19)11-5-2-9(14)3-6-11/h2-8H,1H3. The molecule has 0 aliphatic heterocycles. The first kappa shape index (κ1) is 15.4. The fourth-order valence-corrected chi connectivity index (χ4v) is 3.41. The Morgan fingerprint density at radius 1 is 0.900 bits per heavy atom. The molecule has 0 aliphatic rings. The van der Waals surface area contributed by atoms with Crippen molar-refractivity contribution in [1.29, 1.82) is 0 Å². The van der Waals surface area contributed by atoms with Crippen molar-refractivity contribution in [1.82, 2.24) is 0 Å². The van der Waals surface area contributed by atoms with Crippen molar-refractivity contribution >= 4 is 50.5 Å². The Labute approximate surface area is 132 Å². The van der Waals surface area contributed by atoms with Gasteiger partial charge in [-0.3, -0.25) is 4.31 Å². The molecule has 2 aromatic carbocycles. The zero-order valence-electron chi connectivity index (χ0n) is 10.3. The van der Waals surface area contributed by atoms with Gasteiger partial charge in [-0.05, 0) is 42.5 Å². The van der Waals surface area contributed by atoms with Crippen LogP contribution in [0, 0.1) is 0 Å². The van der Waals surface area contributed by atoms with E-state index in [4.69, 9.17) is 34.8 Å². The van der Waals surface area contributed by atoms with Gasteiger partial charge in [0.25, 0.3) is 10.0 Å². The van der Waals surface area contributed by atoms with Crippen LogP contribution in [0.4, 0.5) is 5.69 Å². The Kier molecular flexibility index (Phi) is 4.49. The molecule has 0 amide bonds. The maximum atomic E-state index is 12.5. The summed E-state index contributed by atoms with van der Waals surface area (Å²) in [6.45, 7) is 0. The lowest BCUT2D eigenvalue weighted by molar-refractivity contribution is 0.594. The van der Waals surface area contributed by atoms with Crippen molar-refractivity contribution in [2.45, 2.75) is 4.90 Å². The molecule has 0 saturated carbocycles. The van der Waals surface area contributed by atoms with Crippen molar-refractivity contribution in [2.75, 3.05) is 11.4 Å². The second-order valence-electron chi connectivity index (χ2n) is 4.02. The highest BCUT2D eigenvalue weighted by Crippen LogP contribution is 2.31. The first-order chi connectivity index (χ1) is 9.32. The molecule has 0 atom stereocenters. The van der Waals surface area contributed by atoms with Crippen molar-refractivity contribution in [3.05, 3.63) is 57.5 Å². The molecule has 0 radical (unpaired) electrons. The molecule has 0 N–H and O–H groups in total. The molecule has 0 heterocycles. The quantitative estimate of drug-likeness (QED) is 0.819. The van der Waals surface area contributed by atoms with Crippen LogP contribution >= 0.6 is 34.8 Å². The van der Waals surface area contributed by atoms with E-state index < -0.39 is 10.0 Å². The molecular weight excluding hydrogens is 341 g/mol. The number of hydrogen-bond acceptors (Lipinski definition) is 2. The molecular formula is C13H10Cl3NO2S. The summed E-state index contributed by atoms with van der Waals surface area (Å²) in [6.07, 6.45) is 0. The van der Waals surface area contributed by atoms with Crippen LogP contribution in [-0.4, -0.2) is 15.5 Å². The van der Waals surface area contributed by atoms with Gasteiger partial charge >= 0.3 is 0 Å². The number of halogens is 3. The topological polar surface area (TPSA) is 37.4 Å². The Morgan fingerprint density at radius 2 is 1.45 bits per heavy atom. The highest BCUT2D eigenvalue weighted by molar-refractivity contribution is 7.92. The summed E-state index contributed by atoms with van der Waals surface area (Å²) in [4.78, 5) is 0.125. The average molecular weight is 351 g/mol. The minimum atomic E-state index is -3.72. The van der Waals surface area contributed by atoms with E-state index in [0.29, 0.717) is 20.8 Å². The highest BCUT2D eigenvalue weighted by atomic mass is 35.5. The van der Waals surface area contributed by atoms with Crippen LogP contribution in [0.3, 0.4) is 0 Å². The monoisotopic (exact) mass is 349 g/mol. The maximum Gasteiger partial charge on any atom is 0.264 e. The lowest BCUT2D eigenvalue weighted by Gasteiger charge is -2.20. The SMILES string of the molecule is CN(c1cc(Cl)ccc1Cl)S(=O)(=O)c1ccc(Cl)cc1. The molecule has 0 saturated heterocycles. The number of anilines is 1. The summed E-state index contributed by atoms with van der Waals surface area (Å²) >= 11 is 17.7. The van der Waals surface area contributed by atoms with Gasteiger partial charge in [-0.1, -0.05) is 34.8 Å². The summed E-state index contributed by atoms with van der Waals surface area (Å²) in [5, 5.41) is 1.17. The van der Waals surface area contributed by atoms with E-state index in [9.17, 15) is 8.42 Å². The lowest BCUT2D eigenvalue weighted by Crippen LogP contribution is -2.26. The van der Waals surface area contributed by atoms with Gasteiger partial charge < -0.3 is 0 Å². The van der Waals surface area contributed by atoms with Crippen LogP contribution in [0.1, 0.15) is 0 Å². The third-order valence-corrected chi connectivity index (χ3v) is 5.31. The van der Waals surface area contributed by atoms with Gasteiger partial charge in [-0.15, -0.1) is 0 Å². The van der Waals surface area contributed by atoms with E-state index in [-0.39, 0.29) is 4.90 Å². The minimum absolute atomic E-state index is 0.125. The van der Waals surface area contributed by atoms with Gasteiger partial charge in [0.15, 0.2) is 0 Å². The molecule has 3 nitrogen and oxygen atoms in total. The number of benzene rings is 2. The predicted octanol–water partition coefficient (Wildman–Crippen LogP) is 4.47. The maximum absolute atomic E-state index is 12.5. The van der Waals surface area contributed by atoms with Crippen LogP contribution in [0.2, 0.25) is 15.1 Å². The zero-order chi connectivity index (χ0) is 14.9. The first-order valence-electron chi connectivity index (χ1n) is 5.52. The minimum Gasteiger partial charge on any atom is -0.268 e. The van der Waals surface area contributed by atoms with Crippen LogP contribution in [0.15, 0.2) is 47.4 Å². The Bertz CT molecular complexity index is 730. The van der Waals surface area contributed by atoms with Crippen LogP contribution in [0.5, 0.6) is 0 Å². The Morgan fingerprint density at radius 3 is 2.05 bits per heavy atom. The molecule has 0 bridgehead atoms. The largest absolute Gasteiger partial charge is 0.268 e. The fraction of sp³-hybridized carbons (Fsp3) is 0.0769. The van der Waals surface area contributed by atoms with Crippen molar-refractivity contribution in [3.8, 4) is 0 Å². The molecule has 7 heteroatoms. The van der Waals surface area contributed by atoms with Gasteiger partial charge in [0, 0.05) is 17.1 Å². The van der Waals surface area contributed by atoms with Gasteiger partial charge in [-0.25, -0.2) is 8.42 Å². The van der Waals surface area contributed by atoms with E-state index in [1.807, 2.05) is 0 Å². The Hall–Kier alpha value is -0.940. The van der Waals surface area contributed by atoms with Gasteiger partial charge in [0.1, 0.15) is 0 Å². The lowest BCUT2D eigenvalue weighted by atomic mass is 10.3. The number of hydrogen-bond donors (Lipinski definition) is 0. The summed E-state index contributed by atoms with van der Waals surface area (Å²) in [5.74, 6) is 0. The third-order valence-electron chi connectivity index (χ3n) is 2.72. The van der Waals surface area contributed by atoms with Crippen molar-refractivity contribution in [2.24, 2.45) is 0 Å². The van der Waals surface area contributed by atoms with E-state index in [2.05, 4.69) is 0 Å². The van der Waals surface area contributed by atoms with Crippen LogP contribution < -0.4 is 4.31 Å².